The number of esters is 1. The highest BCUT2D eigenvalue weighted by Crippen LogP contribution is 2.31. The lowest BCUT2D eigenvalue weighted by atomic mass is 9.94. The van der Waals surface area contributed by atoms with Crippen molar-refractivity contribution in [1.29, 1.82) is 0 Å². The van der Waals surface area contributed by atoms with Crippen LogP contribution in [0.1, 0.15) is 28.3 Å². The third-order valence-electron chi connectivity index (χ3n) is 6.26. The van der Waals surface area contributed by atoms with E-state index < -0.39 is 10.0 Å². The van der Waals surface area contributed by atoms with E-state index in [4.69, 9.17) is 4.74 Å². The maximum absolute atomic E-state index is 13.2. The second-order valence-electron chi connectivity index (χ2n) is 8.56. The Hall–Kier alpha value is -3.00. The summed E-state index contributed by atoms with van der Waals surface area (Å²) in [6, 6.07) is 25.2. The van der Waals surface area contributed by atoms with Crippen molar-refractivity contribution in [3.63, 3.8) is 0 Å². The SMILES string of the molecule is COC(=O)Cc1cccc(C(c2ccccc2)N2CCN(S(=O)(=O)c3ccc(C)cc3)CC2)c1. The van der Waals surface area contributed by atoms with Gasteiger partial charge in [-0.3, -0.25) is 9.69 Å². The highest BCUT2D eigenvalue weighted by atomic mass is 32.2. The molecule has 0 saturated carbocycles. The molecule has 1 aliphatic heterocycles. The fourth-order valence-corrected chi connectivity index (χ4v) is 5.85. The van der Waals surface area contributed by atoms with Crippen LogP contribution < -0.4 is 0 Å². The first-order valence-electron chi connectivity index (χ1n) is 11.4. The Kier molecular flexibility index (Phi) is 7.46. The number of carbonyl (C=O) groups is 1. The molecule has 3 aromatic carbocycles. The maximum atomic E-state index is 13.2. The van der Waals surface area contributed by atoms with Gasteiger partial charge in [-0.15, -0.1) is 0 Å². The van der Waals surface area contributed by atoms with Crippen molar-refractivity contribution >= 4 is 16.0 Å². The molecule has 0 aromatic heterocycles. The van der Waals surface area contributed by atoms with Gasteiger partial charge in [0.2, 0.25) is 10.0 Å². The molecule has 0 aliphatic carbocycles. The molecule has 0 N–H and O–H groups in total. The molecule has 1 fully saturated rings. The van der Waals surface area contributed by atoms with Gasteiger partial charge in [0.1, 0.15) is 0 Å². The van der Waals surface area contributed by atoms with Crippen molar-refractivity contribution in [3.05, 3.63) is 101 Å². The minimum absolute atomic E-state index is 0.0389. The third-order valence-corrected chi connectivity index (χ3v) is 8.17. The van der Waals surface area contributed by atoms with Crippen LogP contribution >= 0.6 is 0 Å². The number of methoxy groups -OCH3 is 1. The summed E-state index contributed by atoms with van der Waals surface area (Å²) in [4.78, 5) is 14.5. The molecule has 0 radical (unpaired) electrons. The van der Waals surface area contributed by atoms with E-state index in [2.05, 4.69) is 23.1 Å². The summed E-state index contributed by atoms with van der Waals surface area (Å²) in [5, 5.41) is 0. The lowest BCUT2D eigenvalue weighted by Gasteiger charge is -2.39. The molecule has 178 valence electrons. The lowest BCUT2D eigenvalue weighted by molar-refractivity contribution is -0.139. The number of rotatable bonds is 7. The van der Waals surface area contributed by atoms with E-state index >= 15 is 0 Å². The van der Waals surface area contributed by atoms with E-state index in [1.165, 1.54) is 7.11 Å². The van der Waals surface area contributed by atoms with Gasteiger partial charge in [0, 0.05) is 26.2 Å². The van der Waals surface area contributed by atoms with Gasteiger partial charge in [-0.2, -0.15) is 4.31 Å². The molecule has 1 unspecified atom stereocenters. The van der Waals surface area contributed by atoms with Crippen LogP contribution in [-0.2, 0) is 26.0 Å². The molecular weight excluding hydrogens is 448 g/mol. The Labute approximate surface area is 201 Å². The Balaban J connectivity index is 1.57. The van der Waals surface area contributed by atoms with E-state index in [1.54, 1.807) is 16.4 Å². The van der Waals surface area contributed by atoms with Crippen LogP contribution in [-0.4, -0.2) is 56.9 Å². The van der Waals surface area contributed by atoms with Crippen LogP contribution in [0.15, 0.2) is 83.8 Å². The number of ether oxygens (including phenoxy) is 1. The molecule has 1 heterocycles. The Morgan fingerprint density at radius 1 is 0.882 bits per heavy atom. The Bertz CT molecular complexity index is 1220. The molecule has 0 spiro atoms. The third kappa shape index (κ3) is 5.38. The van der Waals surface area contributed by atoms with Crippen LogP contribution in [0.2, 0.25) is 0 Å². The second kappa shape index (κ2) is 10.5. The van der Waals surface area contributed by atoms with Gasteiger partial charge in [-0.1, -0.05) is 72.3 Å². The number of nitrogens with zero attached hydrogens (tertiary/aromatic N) is 2. The van der Waals surface area contributed by atoms with E-state index in [-0.39, 0.29) is 18.4 Å². The van der Waals surface area contributed by atoms with Gasteiger partial charge in [0.25, 0.3) is 0 Å². The molecule has 0 amide bonds. The Morgan fingerprint density at radius 2 is 1.53 bits per heavy atom. The first kappa shape index (κ1) is 24.1. The molecule has 4 rings (SSSR count). The van der Waals surface area contributed by atoms with Crippen LogP contribution in [0.3, 0.4) is 0 Å². The van der Waals surface area contributed by atoms with E-state index in [1.807, 2.05) is 55.5 Å². The van der Waals surface area contributed by atoms with E-state index in [0.29, 0.717) is 31.1 Å². The molecule has 0 bridgehead atoms. The number of piperazine rings is 1. The average Bonchev–Trinajstić information content (AvgIpc) is 2.86. The number of aryl methyl sites for hydroxylation is 1. The largest absolute Gasteiger partial charge is 0.469 e. The van der Waals surface area contributed by atoms with Crippen LogP contribution in [0.4, 0.5) is 0 Å². The quantitative estimate of drug-likeness (QED) is 0.483. The zero-order valence-corrected chi connectivity index (χ0v) is 20.4. The highest BCUT2D eigenvalue weighted by molar-refractivity contribution is 7.89. The van der Waals surface area contributed by atoms with Gasteiger partial charge in [-0.25, -0.2) is 8.42 Å². The number of benzene rings is 3. The van der Waals surface area contributed by atoms with Gasteiger partial charge >= 0.3 is 5.97 Å². The predicted molar refractivity (Wildman–Crippen MR) is 132 cm³/mol. The average molecular weight is 479 g/mol. The zero-order valence-electron chi connectivity index (χ0n) is 19.6. The van der Waals surface area contributed by atoms with Crippen LogP contribution in [0.5, 0.6) is 0 Å². The summed E-state index contributed by atoms with van der Waals surface area (Å²) in [6.45, 7) is 3.99. The number of sulfonamides is 1. The molecule has 1 atom stereocenters. The predicted octanol–water partition coefficient (Wildman–Crippen LogP) is 3.81. The second-order valence-corrected chi connectivity index (χ2v) is 10.5. The fourth-order valence-electron chi connectivity index (χ4n) is 4.42. The van der Waals surface area contributed by atoms with Crippen molar-refractivity contribution in [2.75, 3.05) is 33.3 Å². The van der Waals surface area contributed by atoms with Gasteiger partial charge < -0.3 is 4.74 Å². The zero-order chi connectivity index (χ0) is 24.1. The summed E-state index contributed by atoms with van der Waals surface area (Å²) < 4.78 is 32.7. The van der Waals surface area contributed by atoms with Crippen molar-refractivity contribution in [1.82, 2.24) is 9.21 Å². The first-order valence-corrected chi connectivity index (χ1v) is 12.8. The smallest absolute Gasteiger partial charge is 0.309 e. The van der Waals surface area contributed by atoms with Crippen molar-refractivity contribution < 1.29 is 17.9 Å². The van der Waals surface area contributed by atoms with Crippen molar-refractivity contribution in [2.24, 2.45) is 0 Å². The standard InChI is InChI=1S/C27H30N2O4S/c1-21-11-13-25(14-12-21)34(31,32)29-17-15-28(16-18-29)27(23-8-4-3-5-9-23)24-10-6-7-22(19-24)20-26(30)33-2/h3-14,19,27H,15-18,20H2,1-2H3. The summed E-state index contributed by atoms with van der Waals surface area (Å²) >= 11 is 0. The van der Waals surface area contributed by atoms with Crippen molar-refractivity contribution in [3.8, 4) is 0 Å². The first-order chi connectivity index (χ1) is 16.4. The fraction of sp³-hybridized carbons (Fsp3) is 0.296. The summed E-state index contributed by atoms with van der Waals surface area (Å²) in [5.74, 6) is -0.275. The molecule has 34 heavy (non-hydrogen) atoms. The van der Waals surface area contributed by atoms with Gasteiger partial charge in [0.05, 0.1) is 24.5 Å². The number of hydrogen-bond donors (Lipinski definition) is 0. The summed E-state index contributed by atoms with van der Waals surface area (Å²) in [6.07, 6.45) is 0.217. The number of hydrogen-bond acceptors (Lipinski definition) is 5. The summed E-state index contributed by atoms with van der Waals surface area (Å²) in [7, 11) is -2.13. The molecular formula is C27H30N2O4S. The van der Waals surface area contributed by atoms with Gasteiger partial charge in [0.15, 0.2) is 0 Å². The number of carbonyl (C=O) groups excluding carboxylic acids is 1. The van der Waals surface area contributed by atoms with Crippen LogP contribution in [0, 0.1) is 6.92 Å². The maximum Gasteiger partial charge on any atom is 0.309 e. The Morgan fingerprint density at radius 3 is 2.18 bits per heavy atom. The minimum Gasteiger partial charge on any atom is -0.469 e. The highest BCUT2D eigenvalue weighted by Gasteiger charge is 2.32. The van der Waals surface area contributed by atoms with Gasteiger partial charge in [-0.05, 0) is 35.7 Å². The van der Waals surface area contributed by atoms with Crippen molar-refractivity contribution in [2.45, 2.75) is 24.3 Å². The molecule has 1 aliphatic rings. The monoisotopic (exact) mass is 478 g/mol. The van der Waals surface area contributed by atoms with E-state index in [0.717, 1.165) is 22.3 Å². The molecule has 3 aromatic rings. The topological polar surface area (TPSA) is 66.9 Å². The van der Waals surface area contributed by atoms with Crippen LogP contribution in [0.25, 0.3) is 0 Å². The normalized spacial score (nSPS) is 16.2. The minimum atomic E-state index is -3.53. The lowest BCUT2D eigenvalue weighted by Crippen LogP contribution is -2.49. The molecule has 7 heteroatoms. The summed E-state index contributed by atoms with van der Waals surface area (Å²) in [5.41, 5.74) is 4.13. The molecule has 1 saturated heterocycles. The molecule has 6 nitrogen and oxygen atoms in total. The van der Waals surface area contributed by atoms with E-state index in [9.17, 15) is 13.2 Å².